The molecule has 0 heterocycles. The van der Waals surface area contributed by atoms with E-state index >= 15 is 0 Å². The lowest BCUT2D eigenvalue weighted by Crippen LogP contribution is -2.36. The third kappa shape index (κ3) is 4.90. The minimum atomic E-state index is -1.50. The molecule has 0 aromatic heterocycles. The van der Waals surface area contributed by atoms with E-state index < -0.39 is 8.32 Å². The molecule has 0 N–H and O–H groups in total. The molecule has 0 fully saturated rings. The van der Waals surface area contributed by atoms with Crippen LogP contribution in [0.3, 0.4) is 0 Å². The lowest BCUT2D eigenvalue weighted by Gasteiger charge is -2.25. The Morgan fingerprint density at radius 2 is 2.08 bits per heavy atom. The Morgan fingerprint density at radius 1 is 1.50 bits per heavy atom. The van der Waals surface area contributed by atoms with Gasteiger partial charge in [0.2, 0.25) is 0 Å². The fourth-order valence-electron chi connectivity index (χ4n) is 0.798. The van der Waals surface area contributed by atoms with E-state index in [2.05, 4.69) is 42.2 Å². The third-order valence-corrected chi connectivity index (χ3v) is 7.09. The zero-order chi connectivity index (χ0) is 9.61. The summed E-state index contributed by atoms with van der Waals surface area (Å²) >= 11 is 3.46. The van der Waals surface area contributed by atoms with Crippen LogP contribution in [0.2, 0.25) is 13.1 Å². The van der Waals surface area contributed by atoms with Crippen LogP contribution in [0.1, 0.15) is 6.42 Å². The predicted molar refractivity (Wildman–Crippen MR) is 61.2 cm³/mol. The highest BCUT2D eigenvalue weighted by atomic mass is 79.9. The van der Waals surface area contributed by atoms with Gasteiger partial charge in [-0.15, -0.1) is 13.2 Å². The van der Waals surface area contributed by atoms with Crippen LogP contribution in [0.4, 0.5) is 0 Å². The summed E-state index contributed by atoms with van der Waals surface area (Å²) in [7, 11) is -1.50. The first-order valence-corrected chi connectivity index (χ1v) is 8.26. The number of alkyl halides is 1. The molecule has 3 heteroatoms. The quantitative estimate of drug-likeness (QED) is 0.399. The van der Waals surface area contributed by atoms with Crippen molar-refractivity contribution in [3.05, 3.63) is 25.3 Å². The number of hydrogen-bond donors (Lipinski definition) is 0. The lowest BCUT2D eigenvalue weighted by atomic mass is 10.2. The van der Waals surface area contributed by atoms with Crippen LogP contribution in [-0.4, -0.2) is 19.4 Å². The monoisotopic (exact) mass is 248 g/mol. The maximum Gasteiger partial charge on any atom is 0.197 e. The molecule has 1 unspecified atom stereocenters. The lowest BCUT2D eigenvalue weighted by molar-refractivity contribution is 0.246. The van der Waals surface area contributed by atoms with Gasteiger partial charge in [-0.25, -0.2) is 0 Å². The summed E-state index contributed by atoms with van der Waals surface area (Å²) in [5, 5.41) is 0. The smallest absolute Gasteiger partial charge is 0.197 e. The average Bonchev–Trinajstić information content (AvgIpc) is 2.03. The molecule has 0 saturated heterocycles. The minimum Gasteiger partial charge on any atom is -0.410 e. The molecular formula is C9H17BrOSi. The van der Waals surface area contributed by atoms with Gasteiger partial charge in [0.1, 0.15) is 0 Å². The van der Waals surface area contributed by atoms with Crippen molar-refractivity contribution < 1.29 is 4.43 Å². The summed E-state index contributed by atoms with van der Waals surface area (Å²) in [5.74, 6) is 0. The zero-order valence-electron chi connectivity index (χ0n) is 7.85. The Hall–Kier alpha value is 0.137. The van der Waals surface area contributed by atoms with Gasteiger partial charge in [-0.3, -0.25) is 0 Å². The van der Waals surface area contributed by atoms with E-state index in [-0.39, 0.29) is 6.10 Å². The molecule has 0 aliphatic rings. The van der Waals surface area contributed by atoms with Crippen LogP contribution in [0, 0.1) is 0 Å². The van der Waals surface area contributed by atoms with Crippen LogP contribution in [0.15, 0.2) is 25.3 Å². The van der Waals surface area contributed by atoms with E-state index in [0.29, 0.717) is 0 Å². The van der Waals surface area contributed by atoms with E-state index in [1.165, 1.54) is 0 Å². The summed E-state index contributed by atoms with van der Waals surface area (Å²) in [4.78, 5) is 0.960. The van der Waals surface area contributed by atoms with Gasteiger partial charge >= 0.3 is 0 Å². The van der Waals surface area contributed by atoms with Gasteiger partial charge in [-0.1, -0.05) is 28.1 Å². The van der Waals surface area contributed by atoms with E-state index in [1.807, 2.05) is 12.2 Å². The first-order chi connectivity index (χ1) is 5.55. The van der Waals surface area contributed by atoms with Crippen LogP contribution in [0.25, 0.3) is 0 Å². The molecular weight excluding hydrogens is 232 g/mol. The Kier molecular flexibility index (Phi) is 5.79. The van der Waals surface area contributed by atoms with Crippen molar-refractivity contribution >= 4 is 24.2 Å². The Balaban J connectivity index is 4.00. The summed E-state index contributed by atoms with van der Waals surface area (Å²) in [6.45, 7) is 11.8. The Labute approximate surface area is 84.8 Å². The Bertz CT molecular complexity index is 157. The highest BCUT2D eigenvalue weighted by Crippen LogP contribution is 2.13. The molecule has 0 saturated carbocycles. The van der Waals surface area contributed by atoms with Crippen molar-refractivity contribution in [2.24, 2.45) is 0 Å². The van der Waals surface area contributed by atoms with Crippen molar-refractivity contribution in [2.45, 2.75) is 25.6 Å². The highest BCUT2D eigenvalue weighted by Gasteiger charge is 2.23. The van der Waals surface area contributed by atoms with Gasteiger partial charge in [0.05, 0.1) is 6.10 Å². The van der Waals surface area contributed by atoms with Gasteiger partial charge < -0.3 is 4.43 Å². The first-order valence-electron chi connectivity index (χ1n) is 4.03. The third-order valence-electron chi connectivity index (χ3n) is 1.45. The zero-order valence-corrected chi connectivity index (χ0v) is 10.4. The van der Waals surface area contributed by atoms with E-state index in [1.54, 1.807) is 0 Å². The molecule has 0 aromatic rings. The number of hydrogen-bond acceptors (Lipinski definition) is 1. The summed E-state index contributed by atoms with van der Waals surface area (Å²) < 4.78 is 5.88. The number of halogens is 1. The number of rotatable bonds is 6. The largest absolute Gasteiger partial charge is 0.410 e. The van der Waals surface area contributed by atoms with Crippen molar-refractivity contribution in [1.29, 1.82) is 0 Å². The average molecular weight is 249 g/mol. The molecule has 70 valence electrons. The minimum absolute atomic E-state index is 0.140. The molecule has 0 aliphatic heterocycles. The van der Waals surface area contributed by atoms with Crippen LogP contribution >= 0.6 is 15.9 Å². The fraction of sp³-hybridized carbons (Fsp3) is 0.556. The van der Waals surface area contributed by atoms with E-state index in [0.717, 1.165) is 11.4 Å². The first kappa shape index (κ1) is 12.1. The van der Waals surface area contributed by atoms with Crippen molar-refractivity contribution in [1.82, 2.24) is 0 Å². The van der Waals surface area contributed by atoms with Crippen LogP contribution in [-0.2, 0) is 4.43 Å². The second-order valence-corrected chi connectivity index (χ2v) is 9.01. The van der Waals surface area contributed by atoms with Gasteiger partial charge in [-0.2, -0.15) is 0 Å². The molecule has 0 spiro atoms. The van der Waals surface area contributed by atoms with E-state index in [4.69, 9.17) is 4.43 Å². The van der Waals surface area contributed by atoms with Gasteiger partial charge in [0.25, 0.3) is 0 Å². The molecule has 0 amide bonds. The van der Waals surface area contributed by atoms with Crippen LogP contribution in [0.5, 0.6) is 0 Å². The maximum atomic E-state index is 5.88. The standard InChI is InChI=1S/C9H17BrOSi/c1-5-7-9(6-2)11-12(3,4)8-10/h5-6,9H,1-2,7-8H2,3-4H3. The summed E-state index contributed by atoms with van der Waals surface area (Å²) in [6.07, 6.45) is 4.71. The molecule has 1 atom stereocenters. The molecule has 0 rings (SSSR count). The predicted octanol–water partition coefficient (Wildman–Crippen LogP) is 3.27. The molecule has 12 heavy (non-hydrogen) atoms. The second kappa shape index (κ2) is 5.73. The second-order valence-electron chi connectivity index (χ2n) is 3.31. The molecule has 0 bridgehead atoms. The maximum absolute atomic E-state index is 5.88. The Morgan fingerprint density at radius 3 is 2.42 bits per heavy atom. The SMILES string of the molecule is C=CCC(C=C)O[Si](C)(C)CBr. The highest BCUT2D eigenvalue weighted by molar-refractivity contribution is 9.09. The van der Waals surface area contributed by atoms with Crippen molar-refractivity contribution in [2.75, 3.05) is 4.95 Å². The topological polar surface area (TPSA) is 9.23 Å². The van der Waals surface area contributed by atoms with Gasteiger partial charge in [0, 0.05) is 4.95 Å². The van der Waals surface area contributed by atoms with Crippen molar-refractivity contribution in [3.8, 4) is 0 Å². The van der Waals surface area contributed by atoms with Crippen LogP contribution < -0.4 is 0 Å². The molecule has 1 nitrogen and oxygen atoms in total. The van der Waals surface area contributed by atoms with E-state index in [9.17, 15) is 0 Å². The normalized spacial score (nSPS) is 13.9. The van der Waals surface area contributed by atoms with Crippen molar-refractivity contribution in [3.63, 3.8) is 0 Å². The summed E-state index contributed by atoms with van der Waals surface area (Å²) in [5.41, 5.74) is 0. The molecule has 0 aliphatic carbocycles. The van der Waals surface area contributed by atoms with Gasteiger partial charge in [0.15, 0.2) is 8.32 Å². The fourth-order valence-corrected chi connectivity index (χ4v) is 2.27. The summed E-state index contributed by atoms with van der Waals surface area (Å²) in [6, 6.07) is 0. The molecule has 0 aromatic carbocycles. The van der Waals surface area contributed by atoms with Gasteiger partial charge in [-0.05, 0) is 19.5 Å². The molecule has 0 radical (unpaired) electrons.